The SMILES string of the molecule is Cc1ccsc1C1=CC(N)CCCC1. The Hall–Kier alpha value is -0.600. The van der Waals surface area contributed by atoms with Crippen molar-refractivity contribution in [1.29, 1.82) is 0 Å². The van der Waals surface area contributed by atoms with Gasteiger partial charge in [0, 0.05) is 10.9 Å². The summed E-state index contributed by atoms with van der Waals surface area (Å²) in [6, 6.07) is 2.46. The quantitative estimate of drug-likeness (QED) is 0.751. The van der Waals surface area contributed by atoms with Gasteiger partial charge < -0.3 is 5.73 Å². The van der Waals surface area contributed by atoms with Crippen molar-refractivity contribution in [2.75, 3.05) is 0 Å². The first-order chi connectivity index (χ1) is 6.77. The fourth-order valence-corrected chi connectivity index (χ4v) is 3.00. The van der Waals surface area contributed by atoms with Gasteiger partial charge in [-0.25, -0.2) is 0 Å². The Morgan fingerprint density at radius 1 is 1.43 bits per heavy atom. The molecule has 1 nitrogen and oxygen atoms in total. The molecular weight excluding hydrogens is 190 g/mol. The molecule has 0 saturated heterocycles. The van der Waals surface area contributed by atoms with Gasteiger partial charge in [0.15, 0.2) is 0 Å². The molecule has 0 bridgehead atoms. The van der Waals surface area contributed by atoms with Crippen LogP contribution in [-0.2, 0) is 0 Å². The van der Waals surface area contributed by atoms with Crippen molar-refractivity contribution >= 4 is 16.9 Å². The molecule has 1 aromatic rings. The van der Waals surface area contributed by atoms with Crippen LogP contribution in [0.3, 0.4) is 0 Å². The van der Waals surface area contributed by atoms with E-state index >= 15 is 0 Å². The van der Waals surface area contributed by atoms with Gasteiger partial charge in [-0.2, -0.15) is 0 Å². The molecule has 14 heavy (non-hydrogen) atoms. The Bertz CT molecular complexity index is 338. The first-order valence-electron chi connectivity index (χ1n) is 5.28. The molecule has 1 unspecified atom stereocenters. The highest BCUT2D eigenvalue weighted by molar-refractivity contribution is 7.11. The third-order valence-electron chi connectivity index (χ3n) is 2.80. The summed E-state index contributed by atoms with van der Waals surface area (Å²) in [6.07, 6.45) is 7.18. The summed E-state index contributed by atoms with van der Waals surface area (Å²) in [5, 5.41) is 2.17. The topological polar surface area (TPSA) is 26.0 Å². The molecule has 0 aliphatic heterocycles. The molecular formula is C12H17NS. The van der Waals surface area contributed by atoms with Gasteiger partial charge in [-0.05, 0) is 48.8 Å². The fourth-order valence-electron chi connectivity index (χ4n) is 2.01. The van der Waals surface area contributed by atoms with Gasteiger partial charge in [-0.1, -0.05) is 12.5 Å². The molecule has 1 atom stereocenters. The highest BCUT2D eigenvalue weighted by Gasteiger charge is 2.12. The molecule has 2 rings (SSSR count). The maximum Gasteiger partial charge on any atom is 0.0328 e. The average molecular weight is 207 g/mol. The molecule has 0 amide bonds. The summed E-state index contributed by atoms with van der Waals surface area (Å²) in [7, 11) is 0. The second-order valence-electron chi connectivity index (χ2n) is 4.03. The van der Waals surface area contributed by atoms with E-state index in [2.05, 4.69) is 24.4 Å². The van der Waals surface area contributed by atoms with E-state index in [1.54, 1.807) is 0 Å². The van der Waals surface area contributed by atoms with Crippen LogP contribution in [0.15, 0.2) is 17.5 Å². The van der Waals surface area contributed by atoms with Crippen LogP contribution in [0, 0.1) is 6.92 Å². The second kappa shape index (κ2) is 4.28. The van der Waals surface area contributed by atoms with E-state index < -0.39 is 0 Å². The van der Waals surface area contributed by atoms with Crippen LogP contribution >= 0.6 is 11.3 Å². The van der Waals surface area contributed by atoms with Gasteiger partial charge >= 0.3 is 0 Å². The van der Waals surface area contributed by atoms with Crippen LogP contribution in [0.4, 0.5) is 0 Å². The van der Waals surface area contributed by atoms with Crippen LogP contribution in [0.5, 0.6) is 0 Å². The molecule has 2 heteroatoms. The van der Waals surface area contributed by atoms with E-state index in [1.165, 1.54) is 35.3 Å². The van der Waals surface area contributed by atoms with Crippen LogP contribution in [0.1, 0.15) is 36.1 Å². The Balaban J connectivity index is 2.28. The van der Waals surface area contributed by atoms with Crippen molar-refractivity contribution in [2.24, 2.45) is 5.73 Å². The molecule has 0 aromatic carbocycles. The monoisotopic (exact) mass is 207 g/mol. The Morgan fingerprint density at radius 2 is 2.29 bits per heavy atom. The maximum atomic E-state index is 6.01. The number of allylic oxidation sites excluding steroid dienone is 1. The van der Waals surface area contributed by atoms with Crippen molar-refractivity contribution in [3.8, 4) is 0 Å². The number of hydrogen-bond donors (Lipinski definition) is 1. The van der Waals surface area contributed by atoms with Crippen molar-refractivity contribution < 1.29 is 0 Å². The van der Waals surface area contributed by atoms with Crippen LogP contribution in [-0.4, -0.2) is 6.04 Å². The van der Waals surface area contributed by atoms with Crippen LogP contribution in [0.2, 0.25) is 0 Å². The van der Waals surface area contributed by atoms with Crippen molar-refractivity contribution in [3.63, 3.8) is 0 Å². The van der Waals surface area contributed by atoms with E-state index in [1.807, 2.05) is 11.3 Å². The average Bonchev–Trinajstić information content (AvgIpc) is 2.45. The molecule has 2 N–H and O–H groups in total. The number of hydrogen-bond acceptors (Lipinski definition) is 2. The predicted octanol–water partition coefficient (Wildman–Crippen LogP) is 3.34. The lowest BCUT2D eigenvalue weighted by atomic mass is 10.1. The summed E-state index contributed by atoms with van der Waals surface area (Å²) >= 11 is 1.84. The minimum Gasteiger partial charge on any atom is -0.324 e. The van der Waals surface area contributed by atoms with Gasteiger partial charge in [0.1, 0.15) is 0 Å². The zero-order chi connectivity index (χ0) is 9.97. The number of nitrogens with two attached hydrogens (primary N) is 1. The van der Waals surface area contributed by atoms with E-state index in [0.29, 0.717) is 0 Å². The summed E-state index contributed by atoms with van der Waals surface area (Å²) in [5.41, 5.74) is 8.88. The van der Waals surface area contributed by atoms with Gasteiger partial charge in [-0.3, -0.25) is 0 Å². The maximum absolute atomic E-state index is 6.01. The van der Waals surface area contributed by atoms with E-state index in [-0.39, 0.29) is 6.04 Å². The minimum absolute atomic E-state index is 0.272. The molecule has 1 aliphatic rings. The van der Waals surface area contributed by atoms with Crippen molar-refractivity contribution in [3.05, 3.63) is 28.0 Å². The fraction of sp³-hybridized carbons (Fsp3) is 0.500. The number of thiophene rings is 1. The Morgan fingerprint density at radius 3 is 3.00 bits per heavy atom. The molecule has 1 aromatic heterocycles. The number of rotatable bonds is 1. The predicted molar refractivity (Wildman–Crippen MR) is 63.5 cm³/mol. The Kier molecular flexibility index (Phi) is 3.04. The minimum atomic E-state index is 0.272. The highest BCUT2D eigenvalue weighted by atomic mass is 32.1. The molecule has 0 radical (unpaired) electrons. The largest absolute Gasteiger partial charge is 0.324 e. The molecule has 1 aliphatic carbocycles. The lowest BCUT2D eigenvalue weighted by Crippen LogP contribution is -2.15. The van der Waals surface area contributed by atoms with Gasteiger partial charge in [-0.15, -0.1) is 11.3 Å². The third kappa shape index (κ3) is 2.07. The van der Waals surface area contributed by atoms with E-state index in [4.69, 9.17) is 5.73 Å². The molecule has 0 spiro atoms. The standard InChI is InChI=1S/C12H17NS/c1-9-6-7-14-12(9)10-4-2-3-5-11(13)8-10/h6-8,11H,2-5,13H2,1H3. The Labute approximate surface area is 89.6 Å². The first kappa shape index (κ1) is 9.94. The van der Waals surface area contributed by atoms with Crippen LogP contribution in [0.25, 0.3) is 5.57 Å². The summed E-state index contributed by atoms with van der Waals surface area (Å²) < 4.78 is 0. The number of aryl methyl sites for hydroxylation is 1. The zero-order valence-electron chi connectivity index (χ0n) is 8.62. The van der Waals surface area contributed by atoms with E-state index in [9.17, 15) is 0 Å². The molecule has 1 heterocycles. The van der Waals surface area contributed by atoms with Gasteiger partial charge in [0.05, 0.1) is 0 Å². The lowest BCUT2D eigenvalue weighted by molar-refractivity contribution is 0.658. The zero-order valence-corrected chi connectivity index (χ0v) is 9.44. The smallest absolute Gasteiger partial charge is 0.0328 e. The summed E-state index contributed by atoms with van der Waals surface area (Å²) in [6.45, 7) is 2.18. The van der Waals surface area contributed by atoms with E-state index in [0.717, 1.165) is 6.42 Å². The highest BCUT2D eigenvalue weighted by Crippen LogP contribution is 2.31. The second-order valence-corrected chi connectivity index (χ2v) is 4.95. The summed E-state index contributed by atoms with van der Waals surface area (Å²) in [4.78, 5) is 1.45. The summed E-state index contributed by atoms with van der Waals surface area (Å²) in [5.74, 6) is 0. The van der Waals surface area contributed by atoms with Crippen molar-refractivity contribution in [1.82, 2.24) is 0 Å². The van der Waals surface area contributed by atoms with Gasteiger partial charge in [0.2, 0.25) is 0 Å². The molecule has 0 saturated carbocycles. The third-order valence-corrected chi connectivity index (χ3v) is 3.89. The molecule has 76 valence electrons. The van der Waals surface area contributed by atoms with Gasteiger partial charge in [0.25, 0.3) is 0 Å². The molecule has 0 fully saturated rings. The van der Waals surface area contributed by atoms with Crippen molar-refractivity contribution in [2.45, 2.75) is 38.6 Å². The van der Waals surface area contributed by atoms with Crippen LogP contribution < -0.4 is 5.73 Å². The lowest BCUT2D eigenvalue weighted by Gasteiger charge is -2.05. The first-order valence-corrected chi connectivity index (χ1v) is 6.16. The normalized spacial score (nSPS) is 23.0.